The van der Waals surface area contributed by atoms with Crippen LogP contribution in [-0.2, 0) is 5.41 Å². The van der Waals surface area contributed by atoms with Gasteiger partial charge in [-0.2, -0.15) is 0 Å². The molecule has 0 atom stereocenters. The molecular weight excluding hydrogens is 803 g/mol. The van der Waals surface area contributed by atoms with E-state index in [4.69, 9.17) is 8.83 Å². The van der Waals surface area contributed by atoms with E-state index in [1.807, 2.05) is 18.2 Å². The van der Waals surface area contributed by atoms with Crippen LogP contribution in [0, 0.1) is 0 Å². The van der Waals surface area contributed by atoms with Crippen LogP contribution in [0.15, 0.2) is 233 Å². The predicted octanol–water partition coefficient (Wildman–Crippen LogP) is 17.9. The van der Waals surface area contributed by atoms with Gasteiger partial charge in [-0.1, -0.05) is 178 Å². The SMILES string of the molecule is CC1(C)c2ccc(-c3ccc(N(c4ccc(-c5ccccc5)cc4)c4ccc(-c5cccc6c5oc5ccccc56)cc4)cc3)cc2-c2ccc(-c3cccc4c3oc3ccccc34)cc21. The van der Waals surface area contributed by atoms with Gasteiger partial charge in [0.15, 0.2) is 0 Å². The van der Waals surface area contributed by atoms with E-state index < -0.39 is 0 Å². The lowest BCUT2D eigenvalue weighted by Gasteiger charge is -2.26. The van der Waals surface area contributed by atoms with Crippen molar-refractivity contribution in [2.45, 2.75) is 19.3 Å². The Labute approximate surface area is 383 Å². The first-order valence-corrected chi connectivity index (χ1v) is 22.7. The second-order valence-corrected chi connectivity index (χ2v) is 18.0. The number of para-hydroxylation sites is 4. The zero-order valence-corrected chi connectivity index (χ0v) is 36.6. The quantitative estimate of drug-likeness (QED) is 0.160. The van der Waals surface area contributed by atoms with E-state index in [1.165, 1.54) is 50.1 Å². The molecule has 0 unspecified atom stereocenters. The summed E-state index contributed by atoms with van der Waals surface area (Å²) in [5.74, 6) is 0. The molecule has 10 aromatic carbocycles. The topological polar surface area (TPSA) is 29.5 Å². The highest BCUT2D eigenvalue weighted by molar-refractivity contribution is 6.11. The summed E-state index contributed by atoms with van der Waals surface area (Å²) in [4.78, 5) is 2.34. The molecule has 13 rings (SSSR count). The van der Waals surface area contributed by atoms with Crippen molar-refractivity contribution in [3.05, 3.63) is 236 Å². The van der Waals surface area contributed by atoms with Gasteiger partial charge in [-0.15, -0.1) is 0 Å². The molecule has 1 aliphatic carbocycles. The molecule has 0 radical (unpaired) electrons. The van der Waals surface area contributed by atoms with Crippen molar-refractivity contribution in [2.24, 2.45) is 0 Å². The van der Waals surface area contributed by atoms with Gasteiger partial charge < -0.3 is 13.7 Å². The Morgan fingerprint density at radius 2 is 0.758 bits per heavy atom. The average molecular weight is 846 g/mol. The van der Waals surface area contributed by atoms with Gasteiger partial charge in [-0.25, -0.2) is 0 Å². The Bertz CT molecular complexity index is 3820. The van der Waals surface area contributed by atoms with Crippen LogP contribution in [0.2, 0.25) is 0 Å². The Morgan fingerprint density at radius 3 is 1.35 bits per heavy atom. The van der Waals surface area contributed by atoms with Crippen LogP contribution >= 0.6 is 0 Å². The fourth-order valence-electron chi connectivity index (χ4n) is 10.5. The second kappa shape index (κ2) is 14.8. The first-order valence-electron chi connectivity index (χ1n) is 22.7. The van der Waals surface area contributed by atoms with Crippen molar-refractivity contribution in [1.82, 2.24) is 0 Å². The third-order valence-electron chi connectivity index (χ3n) is 13.9. The number of hydrogen-bond acceptors (Lipinski definition) is 3. The molecule has 0 fully saturated rings. The minimum Gasteiger partial charge on any atom is -0.455 e. The number of furan rings is 2. The van der Waals surface area contributed by atoms with Crippen molar-refractivity contribution in [3.8, 4) is 55.6 Å². The van der Waals surface area contributed by atoms with E-state index in [1.54, 1.807) is 0 Å². The molecule has 0 saturated carbocycles. The third-order valence-corrected chi connectivity index (χ3v) is 13.9. The van der Waals surface area contributed by atoms with Crippen LogP contribution in [0.4, 0.5) is 17.1 Å². The molecule has 2 aromatic heterocycles. The van der Waals surface area contributed by atoms with E-state index in [0.29, 0.717) is 0 Å². The van der Waals surface area contributed by atoms with Crippen LogP contribution < -0.4 is 4.90 Å². The van der Waals surface area contributed by atoms with Crippen LogP contribution in [0.25, 0.3) is 99.5 Å². The molecule has 3 nitrogen and oxygen atoms in total. The molecule has 2 heterocycles. The zero-order chi connectivity index (χ0) is 43.9. The second-order valence-electron chi connectivity index (χ2n) is 18.0. The van der Waals surface area contributed by atoms with Crippen LogP contribution in [0.5, 0.6) is 0 Å². The summed E-state index contributed by atoms with van der Waals surface area (Å²) >= 11 is 0. The Hall–Kier alpha value is -8.40. The molecule has 312 valence electrons. The van der Waals surface area contributed by atoms with Crippen molar-refractivity contribution in [2.75, 3.05) is 4.90 Å². The molecular formula is C63H43NO2. The summed E-state index contributed by atoms with van der Waals surface area (Å²) in [5.41, 5.74) is 21.3. The standard InChI is InChI=1S/C63H43NO2/c1-63(2)57-37-29-44(38-56(57)51-36-28-45(39-58(51)63)50-17-11-19-55-53-15-7-9-21-60(53)66-62(50)55)42-24-32-47(33-25-42)64(46-30-22-41(23-31-46)40-12-4-3-5-13-40)48-34-26-43(27-35-48)49-16-10-18-54-52-14-6-8-20-59(52)65-61(49)54/h3-39H,1-2H3. The predicted molar refractivity (Wildman–Crippen MR) is 275 cm³/mol. The molecule has 12 aromatic rings. The van der Waals surface area contributed by atoms with Gasteiger partial charge in [0, 0.05) is 55.1 Å². The van der Waals surface area contributed by atoms with Crippen LogP contribution in [0.3, 0.4) is 0 Å². The number of benzene rings is 10. The summed E-state index contributed by atoms with van der Waals surface area (Å²) in [6, 6.07) is 80.8. The fraction of sp³-hybridized carbons (Fsp3) is 0.0476. The summed E-state index contributed by atoms with van der Waals surface area (Å²) in [7, 11) is 0. The summed E-state index contributed by atoms with van der Waals surface area (Å²) < 4.78 is 12.9. The number of rotatable bonds is 7. The molecule has 0 amide bonds. The summed E-state index contributed by atoms with van der Waals surface area (Å²) in [6.45, 7) is 4.70. The van der Waals surface area contributed by atoms with Crippen LogP contribution in [-0.4, -0.2) is 0 Å². The molecule has 0 saturated heterocycles. The third kappa shape index (κ3) is 6.04. The monoisotopic (exact) mass is 845 g/mol. The maximum atomic E-state index is 6.47. The van der Waals surface area contributed by atoms with E-state index in [0.717, 1.165) is 77.6 Å². The molecule has 0 N–H and O–H groups in total. The highest BCUT2D eigenvalue weighted by atomic mass is 16.3. The Balaban J connectivity index is 0.851. The maximum absolute atomic E-state index is 6.47. The molecule has 0 aliphatic heterocycles. The van der Waals surface area contributed by atoms with Crippen molar-refractivity contribution < 1.29 is 8.83 Å². The van der Waals surface area contributed by atoms with Crippen LogP contribution in [0.1, 0.15) is 25.0 Å². The van der Waals surface area contributed by atoms with Crippen molar-refractivity contribution in [1.29, 1.82) is 0 Å². The minimum atomic E-state index is -0.157. The van der Waals surface area contributed by atoms with Gasteiger partial charge in [0.2, 0.25) is 0 Å². The van der Waals surface area contributed by atoms with Crippen molar-refractivity contribution >= 4 is 60.9 Å². The van der Waals surface area contributed by atoms with Gasteiger partial charge in [-0.05, 0) is 116 Å². The molecule has 66 heavy (non-hydrogen) atoms. The molecule has 1 aliphatic rings. The first-order chi connectivity index (χ1) is 32.5. The number of anilines is 3. The van der Waals surface area contributed by atoms with Gasteiger partial charge in [0.25, 0.3) is 0 Å². The Morgan fingerprint density at radius 1 is 0.303 bits per heavy atom. The van der Waals surface area contributed by atoms with Gasteiger partial charge >= 0.3 is 0 Å². The first kappa shape index (κ1) is 38.1. The zero-order valence-electron chi connectivity index (χ0n) is 36.6. The summed E-state index contributed by atoms with van der Waals surface area (Å²) in [5, 5.41) is 4.57. The lowest BCUT2D eigenvalue weighted by molar-refractivity contribution is 0.660. The average Bonchev–Trinajstić information content (AvgIpc) is 4.02. The van der Waals surface area contributed by atoms with Gasteiger partial charge in [-0.3, -0.25) is 0 Å². The number of nitrogens with zero attached hydrogens (tertiary/aromatic N) is 1. The van der Waals surface area contributed by atoms with Crippen molar-refractivity contribution in [3.63, 3.8) is 0 Å². The Kier molecular flexibility index (Phi) is 8.56. The maximum Gasteiger partial charge on any atom is 0.143 e. The molecule has 0 bridgehead atoms. The largest absolute Gasteiger partial charge is 0.455 e. The minimum absolute atomic E-state index is 0.157. The highest BCUT2D eigenvalue weighted by Crippen LogP contribution is 2.51. The normalized spacial score (nSPS) is 12.8. The highest BCUT2D eigenvalue weighted by Gasteiger charge is 2.36. The van der Waals surface area contributed by atoms with E-state index in [9.17, 15) is 0 Å². The molecule has 3 heteroatoms. The fourth-order valence-corrected chi connectivity index (χ4v) is 10.5. The lowest BCUT2D eigenvalue weighted by Crippen LogP contribution is -2.15. The van der Waals surface area contributed by atoms with Gasteiger partial charge in [0.05, 0.1) is 0 Å². The number of hydrogen-bond donors (Lipinski definition) is 0. The van der Waals surface area contributed by atoms with E-state index in [-0.39, 0.29) is 5.41 Å². The lowest BCUT2D eigenvalue weighted by atomic mass is 9.81. The smallest absolute Gasteiger partial charge is 0.143 e. The summed E-state index contributed by atoms with van der Waals surface area (Å²) in [6.07, 6.45) is 0. The van der Waals surface area contributed by atoms with Gasteiger partial charge in [0.1, 0.15) is 22.3 Å². The molecule has 0 spiro atoms. The van der Waals surface area contributed by atoms with E-state index >= 15 is 0 Å². The van der Waals surface area contributed by atoms with E-state index in [2.05, 4.69) is 225 Å². The number of fused-ring (bicyclic) bond motifs is 9.